The van der Waals surface area contributed by atoms with Gasteiger partial charge in [0.15, 0.2) is 0 Å². The lowest BCUT2D eigenvalue weighted by Gasteiger charge is -2.29. The lowest BCUT2D eigenvalue weighted by atomic mass is 9.98. The molecule has 0 bridgehead atoms. The summed E-state index contributed by atoms with van der Waals surface area (Å²) in [5.41, 5.74) is 1.80. The molecule has 3 rings (SSSR count). The predicted molar refractivity (Wildman–Crippen MR) is 99.0 cm³/mol. The zero-order valence-corrected chi connectivity index (χ0v) is 15.0. The van der Waals surface area contributed by atoms with Crippen LogP contribution in [0.5, 0.6) is 0 Å². The molecule has 0 spiro atoms. The van der Waals surface area contributed by atoms with Gasteiger partial charge < -0.3 is 15.0 Å². The molecule has 1 aromatic rings. The Morgan fingerprint density at radius 1 is 1.12 bits per heavy atom. The van der Waals surface area contributed by atoms with E-state index in [1.807, 2.05) is 18.2 Å². The molecular formula is C19H27ClN2O2. The second kappa shape index (κ2) is 8.72. The van der Waals surface area contributed by atoms with E-state index < -0.39 is 0 Å². The first-order valence-corrected chi connectivity index (χ1v) is 9.56. The van der Waals surface area contributed by atoms with Gasteiger partial charge in [0.1, 0.15) is 6.61 Å². The number of nitrogens with one attached hydrogen (secondary N) is 1. The highest BCUT2D eigenvalue weighted by Gasteiger charge is 2.16. The first-order valence-electron chi connectivity index (χ1n) is 9.18. The smallest absolute Gasteiger partial charge is 0.250 e. The zero-order valence-electron chi connectivity index (χ0n) is 14.2. The van der Waals surface area contributed by atoms with E-state index in [0.717, 1.165) is 37.3 Å². The molecule has 4 nitrogen and oxygen atoms in total. The highest BCUT2D eigenvalue weighted by Crippen LogP contribution is 2.30. The van der Waals surface area contributed by atoms with Crippen LogP contribution in [0.1, 0.15) is 51.4 Å². The number of piperidine rings is 1. The number of amides is 1. The van der Waals surface area contributed by atoms with Crippen LogP contribution in [0.25, 0.3) is 0 Å². The lowest BCUT2D eigenvalue weighted by Crippen LogP contribution is -2.29. The minimum absolute atomic E-state index is 0.109. The first-order chi connectivity index (χ1) is 11.7. The summed E-state index contributed by atoms with van der Waals surface area (Å²) in [6.45, 7) is 2.23. The number of carbonyl (C=O) groups is 1. The number of benzene rings is 1. The van der Waals surface area contributed by atoms with E-state index in [1.54, 1.807) is 0 Å². The van der Waals surface area contributed by atoms with Crippen molar-refractivity contribution in [1.82, 2.24) is 0 Å². The zero-order chi connectivity index (χ0) is 16.8. The third kappa shape index (κ3) is 4.87. The number of hydrogen-bond donors (Lipinski definition) is 1. The number of hydrogen-bond acceptors (Lipinski definition) is 3. The molecule has 1 saturated carbocycles. The van der Waals surface area contributed by atoms with Crippen LogP contribution in [0.4, 0.5) is 11.4 Å². The van der Waals surface area contributed by atoms with Gasteiger partial charge in [0.05, 0.1) is 16.8 Å². The second-order valence-corrected chi connectivity index (χ2v) is 7.24. The van der Waals surface area contributed by atoms with Crippen LogP contribution in [0, 0.1) is 0 Å². The molecule has 1 aliphatic heterocycles. The summed E-state index contributed by atoms with van der Waals surface area (Å²) in [5, 5.41) is 3.58. The molecule has 0 radical (unpaired) electrons. The fraction of sp³-hybridized carbons (Fsp3) is 0.632. The number of anilines is 2. The molecule has 0 aromatic heterocycles. The van der Waals surface area contributed by atoms with Crippen molar-refractivity contribution in [3.8, 4) is 0 Å². The maximum Gasteiger partial charge on any atom is 0.250 e. The van der Waals surface area contributed by atoms with Crippen LogP contribution >= 0.6 is 11.6 Å². The van der Waals surface area contributed by atoms with Crippen LogP contribution in [-0.4, -0.2) is 31.7 Å². The summed E-state index contributed by atoms with van der Waals surface area (Å²) in [6, 6.07) is 5.77. The fourth-order valence-electron chi connectivity index (χ4n) is 3.60. The molecule has 24 heavy (non-hydrogen) atoms. The van der Waals surface area contributed by atoms with Crippen LogP contribution < -0.4 is 10.2 Å². The van der Waals surface area contributed by atoms with Crippen molar-refractivity contribution in [3.63, 3.8) is 0 Å². The Kier molecular flexibility index (Phi) is 6.38. The van der Waals surface area contributed by atoms with E-state index >= 15 is 0 Å². The van der Waals surface area contributed by atoms with E-state index in [9.17, 15) is 4.79 Å². The predicted octanol–water partition coefficient (Wildman–Crippen LogP) is 4.62. The third-order valence-electron chi connectivity index (χ3n) is 4.93. The molecule has 1 aliphatic carbocycles. The van der Waals surface area contributed by atoms with Gasteiger partial charge in [-0.1, -0.05) is 30.9 Å². The standard InChI is InChI=1S/C19H27ClN2O2/c20-17-13-15(9-10-18(17)22-11-5-2-6-12-22)21-19(23)14-24-16-7-3-1-4-8-16/h9-10,13,16H,1-8,11-12,14H2,(H,21,23). The van der Waals surface area contributed by atoms with Gasteiger partial charge in [-0.15, -0.1) is 0 Å². The fourth-order valence-corrected chi connectivity index (χ4v) is 3.90. The van der Waals surface area contributed by atoms with Gasteiger partial charge in [-0.05, 0) is 50.3 Å². The first kappa shape index (κ1) is 17.6. The Bertz CT molecular complexity index is 552. The quantitative estimate of drug-likeness (QED) is 0.842. The van der Waals surface area contributed by atoms with Gasteiger partial charge in [-0.2, -0.15) is 0 Å². The molecule has 1 heterocycles. The molecular weight excluding hydrogens is 324 g/mol. The number of rotatable bonds is 5. The molecule has 1 amide bonds. The highest BCUT2D eigenvalue weighted by atomic mass is 35.5. The SMILES string of the molecule is O=C(COC1CCCCC1)Nc1ccc(N2CCCCC2)c(Cl)c1. The molecule has 1 N–H and O–H groups in total. The minimum Gasteiger partial charge on any atom is -0.370 e. The molecule has 132 valence electrons. The lowest BCUT2D eigenvalue weighted by molar-refractivity contribution is -0.123. The average molecular weight is 351 g/mol. The van der Waals surface area contributed by atoms with Crippen molar-refractivity contribution in [2.24, 2.45) is 0 Å². The molecule has 5 heteroatoms. The Labute approximate surface area is 149 Å². The summed E-state index contributed by atoms with van der Waals surface area (Å²) in [5.74, 6) is -0.109. The van der Waals surface area contributed by atoms with Crippen molar-refractivity contribution in [2.45, 2.75) is 57.5 Å². The normalized spacial score (nSPS) is 19.3. The van der Waals surface area contributed by atoms with E-state index in [-0.39, 0.29) is 18.6 Å². The Morgan fingerprint density at radius 2 is 1.83 bits per heavy atom. The van der Waals surface area contributed by atoms with Gasteiger partial charge in [-0.25, -0.2) is 0 Å². The summed E-state index contributed by atoms with van der Waals surface area (Å²) in [4.78, 5) is 14.4. The van der Waals surface area contributed by atoms with Crippen LogP contribution in [0.2, 0.25) is 5.02 Å². The van der Waals surface area contributed by atoms with Crippen LogP contribution in [0.15, 0.2) is 18.2 Å². The van der Waals surface area contributed by atoms with Gasteiger partial charge in [0.25, 0.3) is 0 Å². The summed E-state index contributed by atoms with van der Waals surface area (Å²) >= 11 is 6.42. The van der Waals surface area contributed by atoms with Crippen LogP contribution in [0.3, 0.4) is 0 Å². The van der Waals surface area contributed by atoms with Crippen molar-refractivity contribution in [1.29, 1.82) is 0 Å². The number of nitrogens with zero attached hydrogens (tertiary/aromatic N) is 1. The van der Waals surface area contributed by atoms with E-state index in [1.165, 1.54) is 38.5 Å². The Hall–Kier alpha value is -1.26. The second-order valence-electron chi connectivity index (χ2n) is 6.83. The molecule has 0 atom stereocenters. The maximum absolute atomic E-state index is 12.1. The van der Waals surface area contributed by atoms with Crippen molar-refractivity contribution in [3.05, 3.63) is 23.2 Å². The van der Waals surface area contributed by atoms with Crippen molar-refractivity contribution < 1.29 is 9.53 Å². The molecule has 2 aliphatic rings. The summed E-state index contributed by atoms with van der Waals surface area (Å²) in [6.07, 6.45) is 9.82. The molecule has 2 fully saturated rings. The van der Waals surface area contributed by atoms with Gasteiger partial charge >= 0.3 is 0 Å². The largest absolute Gasteiger partial charge is 0.370 e. The molecule has 0 unspecified atom stereocenters. The van der Waals surface area contributed by atoms with E-state index in [0.29, 0.717) is 5.02 Å². The average Bonchev–Trinajstić information content (AvgIpc) is 2.62. The van der Waals surface area contributed by atoms with Crippen molar-refractivity contribution in [2.75, 3.05) is 29.9 Å². The monoisotopic (exact) mass is 350 g/mol. The Morgan fingerprint density at radius 3 is 2.54 bits per heavy atom. The third-order valence-corrected chi connectivity index (χ3v) is 5.23. The number of halogens is 1. The molecule has 1 saturated heterocycles. The number of carbonyl (C=O) groups excluding carboxylic acids is 1. The van der Waals surface area contributed by atoms with Gasteiger partial charge in [0, 0.05) is 18.8 Å². The van der Waals surface area contributed by atoms with Gasteiger partial charge in [0.2, 0.25) is 5.91 Å². The summed E-state index contributed by atoms with van der Waals surface area (Å²) < 4.78 is 5.71. The van der Waals surface area contributed by atoms with Crippen molar-refractivity contribution >= 4 is 28.9 Å². The highest BCUT2D eigenvalue weighted by molar-refractivity contribution is 6.33. The van der Waals surface area contributed by atoms with E-state index in [2.05, 4.69) is 10.2 Å². The van der Waals surface area contributed by atoms with E-state index in [4.69, 9.17) is 16.3 Å². The summed E-state index contributed by atoms with van der Waals surface area (Å²) in [7, 11) is 0. The maximum atomic E-state index is 12.1. The van der Waals surface area contributed by atoms with Crippen LogP contribution in [-0.2, 0) is 9.53 Å². The number of ether oxygens (including phenoxy) is 1. The minimum atomic E-state index is -0.109. The Balaban J connectivity index is 1.51. The molecule has 1 aromatic carbocycles. The topological polar surface area (TPSA) is 41.6 Å². The van der Waals surface area contributed by atoms with Gasteiger partial charge in [-0.3, -0.25) is 4.79 Å².